The van der Waals surface area contributed by atoms with Crippen LogP contribution >= 0.6 is 0 Å². The van der Waals surface area contributed by atoms with Crippen molar-refractivity contribution in [2.24, 2.45) is 57.2 Å². The molecule has 5 aliphatic carbocycles. The minimum Gasteiger partial charge on any atom is -0.481 e. The summed E-state index contributed by atoms with van der Waals surface area (Å²) in [5, 5.41) is 10.3. The number of rotatable bonds is 2. The molecular weight excluding hydrogens is 448 g/mol. The first-order chi connectivity index (χ1) is 16.8. The maximum atomic E-state index is 12.5. The lowest BCUT2D eigenvalue weighted by molar-refractivity contribution is -0.223. The molecule has 5 saturated carbocycles. The largest absolute Gasteiger partial charge is 0.481 e. The molecule has 0 aromatic rings. The summed E-state index contributed by atoms with van der Waals surface area (Å²) in [6, 6.07) is 0. The Morgan fingerprint density at radius 1 is 0.889 bits per heavy atom. The zero-order chi connectivity index (χ0) is 26.7. The summed E-state index contributed by atoms with van der Waals surface area (Å²) in [5.41, 5.74) is 0.142. The number of ether oxygens (including phenoxy) is 1. The molecule has 0 aliphatic heterocycles. The van der Waals surface area contributed by atoms with Crippen molar-refractivity contribution in [3.8, 4) is 0 Å². The fourth-order valence-electron chi connectivity index (χ4n) is 11.4. The van der Waals surface area contributed by atoms with Crippen LogP contribution in [0.25, 0.3) is 0 Å². The Morgan fingerprint density at radius 2 is 1.50 bits per heavy atom. The topological polar surface area (TPSA) is 63.6 Å². The van der Waals surface area contributed by atoms with E-state index in [-0.39, 0.29) is 22.9 Å². The van der Waals surface area contributed by atoms with Crippen molar-refractivity contribution in [1.82, 2.24) is 0 Å². The van der Waals surface area contributed by atoms with Crippen molar-refractivity contribution in [3.63, 3.8) is 0 Å². The standard InChI is InChI=1S/C29H46O4.C3H6/c1-17-9-15-29(25(31)32)16-10-20-19(24(17)29)7-8-22-27(20,5)13-11-21-26(3,4)23(33-18(2)30)12-14-28(21,22)6;1-3-2/h17,19-24H,7-16H2,1-6H3,(H,31,32);3H,1H2,2H3/t17-,19?,20?,21?,22?,23?,24?,27?,28?,29?;/m1./s1. The summed E-state index contributed by atoms with van der Waals surface area (Å²) >= 11 is 0. The summed E-state index contributed by atoms with van der Waals surface area (Å²) in [6.45, 7) is 19.0. The third-order valence-corrected chi connectivity index (χ3v) is 12.6. The van der Waals surface area contributed by atoms with Crippen molar-refractivity contribution in [1.29, 1.82) is 0 Å². The summed E-state index contributed by atoms with van der Waals surface area (Å²) in [6.07, 6.45) is 12.8. The highest BCUT2D eigenvalue weighted by Gasteiger charge is 2.68. The van der Waals surface area contributed by atoms with Gasteiger partial charge < -0.3 is 9.84 Å². The van der Waals surface area contributed by atoms with Gasteiger partial charge in [0, 0.05) is 12.3 Å². The fraction of sp³-hybridized carbons (Fsp3) is 0.875. The molecule has 0 amide bonds. The van der Waals surface area contributed by atoms with Crippen LogP contribution in [0.5, 0.6) is 0 Å². The number of carboxylic acid groups (broad SMARTS) is 1. The van der Waals surface area contributed by atoms with Crippen molar-refractivity contribution in [2.45, 2.75) is 119 Å². The molecule has 4 heteroatoms. The quantitative estimate of drug-likeness (QED) is 0.309. The van der Waals surface area contributed by atoms with Gasteiger partial charge in [0.1, 0.15) is 6.10 Å². The summed E-state index contributed by atoms with van der Waals surface area (Å²) < 4.78 is 5.85. The van der Waals surface area contributed by atoms with E-state index in [1.165, 1.54) is 25.7 Å². The summed E-state index contributed by atoms with van der Waals surface area (Å²) in [4.78, 5) is 24.3. The van der Waals surface area contributed by atoms with Crippen LogP contribution in [0, 0.1) is 57.2 Å². The number of fused-ring (bicyclic) bond motifs is 7. The van der Waals surface area contributed by atoms with E-state index in [0.29, 0.717) is 40.9 Å². The molecule has 5 aliphatic rings. The van der Waals surface area contributed by atoms with Gasteiger partial charge >= 0.3 is 11.9 Å². The highest BCUT2D eigenvalue weighted by Crippen LogP contribution is 2.73. The molecule has 36 heavy (non-hydrogen) atoms. The molecule has 0 spiro atoms. The van der Waals surface area contributed by atoms with E-state index >= 15 is 0 Å². The molecule has 204 valence electrons. The fourth-order valence-corrected chi connectivity index (χ4v) is 11.4. The lowest BCUT2D eigenvalue weighted by Crippen LogP contribution is -2.64. The van der Waals surface area contributed by atoms with Crippen LogP contribution in [0.3, 0.4) is 0 Å². The van der Waals surface area contributed by atoms with Crippen LogP contribution in [-0.4, -0.2) is 23.1 Å². The highest BCUT2D eigenvalue weighted by atomic mass is 16.5. The van der Waals surface area contributed by atoms with Gasteiger partial charge in [-0.05, 0) is 117 Å². The lowest BCUT2D eigenvalue weighted by atomic mass is 9.36. The van der Waals surface area contributed by atoms with Gasteiger partial charge in [-0.1, -0.05) is 40.7 Å². The number of allylic oxidation sites excluding steroid dienone is 1. The Bertz CT molecular complexity index is 877. The molecular formula is C32H52O4. The highest BCUT2D eigenvalue weighted by molar-refractivity contribution is 5.76. The van der Waals surface area contributed by atoms with E-state index in [1.807, 2.05) is 6.92 Å². The van der Waals surface area contributed by atoms with Crippen LogP contribution in [-0.2, 0) is 14.3 Å². The predicted molar refractivity (Wildman–Crippen MR) is 144 cm³/mol. The van der Waals surface area contributed by atoms with E-state index in [9.17, 15) is 14.7 Å². The maximum absolute atomic E-state index is 12.5. The second-order valence-electron chi connectivity index (χ2n) is 14.4. The number of hydrogen-bond donors (Lipinski definition) is 1. The molecule has 0 saturated heterocycles. The third-order valence-electron chi connectivity index (χ3n) is 12.6. The number of esters is 1. The molecule has 1 N–H and O–H groups in total. The molecule has 0 heterocycles. The number of carbonyl (C=O) groups is 2. The second-order valence-corrected chi connectivity index (χ2v) is 14.4. The van der Waals surface area contributed by atoms with Crippen molar-refractivity contribution >= 4 is 11.9 Å². The SMILES string of the molecule is C=CC.CC(=O)OC1CCC2(C)C(CCC3(C)C4CCC5(C(=O)O)CC[C@@H](C)C5C4CCC32)C1(C)C. The van der Waals surface area contributed by atoms with Crippen molar-refractivity contribution in [3.05, 3.63) is 12.7 Å². The average molecular weight is 501 g/mol. The minimum atomic E-state index is -0.510. The molecule has 0 aromatic heterocycles. The first kappa shape index (κ1) is 27.7. The Morgan fingerprint density at radius 3 is 2.11 bits per heavy atom. The molecule has 4 nitrogen and oxygen atoms in total. The van der Waals surface area contributed by atoms with Crippen molar-refractivity contribution in [2.75, 3.05) is 0 Å². The molecule has 0 bridgehead atoms. The van der Waals surface area contributed by atoms with Gasteiger partial charge in [-0.3, -0.25) is 9.59 Å². The van der Waals surface area contributed by atoms with Crippen LogP contribution < -0.4 is 0 Å². The summed E-state index contributed by atoms with van der Waals surface area (Å²) in [7, 11) is 0. The molecule has 5 rings (SSSR count). The van der Waals surface area contributed by atoms with Crippen LogP contribution in [0.1, 0.15) is 113 Å². The number of hydrogen-bond acceptors (Lipinski definition) is 3. The molecule has 0 aromatic carbocycles. The van der Waals surface area contributed by atoms with Gasteiger partial charge in [-0.15, -0.1) is 6.58 Å². The van der Waals surface area contributed by atoms with E-state index in [2.05, 4.69) is 41.2 Å². The molecule has 9 unspecified atom stereocenters. The summed E-state index contributed by atoms with van der Waals surface area (Å²) in [5.74, 6) is 2.77. The van der Waals surface area contributed by atoms with Crippen LogP contribution in [0.2, 0.25) is 0 Å². The van der Waals surface area contributed by atoms with Gasteiger partial charge in [0.25, 0.3) is 0 Å². The third kappa shape index (κ3) is 3.90. The first-order valence-corrected chi connectivity index (χ1v) is 14.8. The zero-order valence-electron chi connectivity index (χ0n) is 24.1. The number of carbonyl (C=O) groups excluding carboxylic acids is 1. The number of carboxylic acids is 1. The maximum Gasteiger partial charge on any atom is 0.309 e. The first-order valence-electron chi connectivity index (χ1n) is 14.8. The molecule has 10 atom stereocenters. The van der Waals surface area contributed by atoms with Gasteiger partial charge in [-0.2, -0.15) is 0 Å². The second kappa shape index (κ2) is 9.45. The van der Waals surface area contributed by atoms with E-state index in [1.54, 1.807) is 13.0 Å². The lowest BCUT2D eigenvalue weighted by Gasteiger charge is -2.69. The molecule has 5 fully saturated rings. The Labute approximate surface area is 220 Å². The Balaban J connectivity index is 0.000000967. The number of aliphatic carboxylic acids is 1. The Kier molecular flexibility index (Phi) is 7.28. The minimum absolute atomic E-state index is 0.00183. The van der Waals surface area contributed by atoms with E-state index in [0.717, 1.165) is 38.5 Å². The predicted octanol–water partition coefficient (Wildman–Crippen LogP) is 7.91. The average Bonchev–Trinajstić information content (AvgIpc) is 3.14. The van der Waals surface area contributed by atoms with Crippen molar-refractivity contribution < 1.29 is 19.4 Å². The van der Waals surface area contributed by atoms with E-state index in [4.69, 9.17) is 4.74 Å². The Hall–Kier alpha value is -1.32. The van der Waals surface area contributed by atoms with Crippen LogP contribution in [0.15, 0.2) is 12.7 Å². The zero-order valence-corrected chi connectivity index (χ0v) is 24.1. The van der Waals surface area contributed by atoms with Gasteiger partial charge in [0.15, 0.2) is 0 Å². The normalized spacial score (nSPS) is 48.6. The van der Waals surface area contributed by atoms with Crippen LogP contribution in [0.4, 0.5) is 0 Å². The van der Waals surface area contributed by atoms with E-state index < -0.39 is 11.4 Å². The van der Waals surface area contributed by atoms with Gasteiger partial charge in [0.2, 0.25) is 0 Å². The monoisotopic (exact) mass is 500 g/mol. The van der Waals surface area contributed by atoms with Gasteiger partial charge in [0.05, 0.1) is 5.41 Å². The smallest absolute Gasteiger partial charge is 0.309 e. The molecule has 0 radical (unpaired) electrons. The van der Waals surface area contributed by atoms with Gasteiger partial charge in [-0.25, -0.2) is 0 Å².